The topological polar surface area (TPSA) is 75.2 Å². The molecule has 168 valence electrons. The summed E-state index contributed by atoms with van der Waals surface area (Å²) >= 11 is 0. The summed E-state index contributed by atoms with van der Waals surface area (Å²) in [5, 5.41) is 6.82. The van der Waals surface area contributed by atoms with E-state index in [1.54, 1.807) is 14.2 Å². The monoisotopic (exact) mass is 418 g/mol. The third-order valence-electron chi connectivity index (χ3n) is 5.66. The van der Waals surface area contributed by atoms with Crippen LogP contribution in [0.1, 0.15) is 46.5 Å². The Balaban J connectivity index is 1.73. The summed E-state index contributed by atoms with van der Waals surface area (Å²) in [5.41, 5.74) is 0. The van der Waals surface area contributed by atoms with Gasteiger partial charge in [-0.2, -0.15) is 0 Å². The molecule has 1 amide bonds. The van der Waals surface area contributed by atoms with Crippen LogP contribution in [0.15, 0.2) is 29.3 Å². The van der Waals surface area contributed by atoms with Crippen molar-refractivity contribution in [3.63, 3.8) is 0 Å². The third kappa shape index (κ3) is 7.11. The fraction of sp³-hybridized carbons (Fsp3) is 0.652. The minimum atomic E-state index is -0.0172. The summed E-state index contributed by atoms with van der Waals surface area (Å²) < 4.78 is 11.1. The Kier molecular flexibility index (Phi) is 9.77. The molecule has 1 aromatic carbocycles. The molecule has 1 saturated heterocycles. The van der Waals surface area contributed by atoms with Crippen molar-refractivity contribution in [1.29, 1.82) is 0 Å². The predicted octanol–water partition coefficient (Wildman–Crippen LogP) is 3.05. The van der Waals surface area contributed by atoms with Crippen molar-refractivity contribution in [1.82, 2.24) is 15.5 Å². The van der Waals surface area contributed by atoms with Crippen molar-refractivity contribution < 1.29 is 14.3 Å². The van der Waals surface area contributed by atoms with Crippen LogP contribution in [-0.2, 0) is 4.79 Å². The highest BCUT2D eigenvalue weighted by molar-refractivity contribution is 5.80. The molecule has 7 nitrogen and oxygen atoms in total. The summed E-state index contributed by atoms with van der Waals surface area (Å²) in [5.74, 6) is 2.86. The quantitative estimate of drug-likeness (QED) is 0.476. The Bertz CT molecular complexity index is 666. The molecule has 30 heavy (non-hydrogen) atoms. The van der Waals surface area contributed by atoms with Crippen LogP contribution in [-0.4, -0.2) is 62.7 Å². The first-order valence-electron chi connectivity index (χ1n) is 11.1. The molecule has 0 aliphatic carbocycles. The minimum Gasteiger partial charge on any atom is -0.497 e. The molecule has 2 rings (SSSR count). The van der Waals surface area contributed by atoms with Gasteiger partial charge in [0.2, 0.25) is 5.91 Å². The van der Waals surface area contributed by atoms with Crippen LogP contribution in [0.4, 0.5) is 0 Å². The molecule has 1 aliphatic heterocycles. The van der Waals surface area contributed by atoms with Gasteiger partial charge in [-0.1, -0.05) is 13.8 Å². The third-order valence-corrected chi connectivity index (χ3v) is 5.66. The van der Waals surface area contributed by atoms with Gasteiger partial charge in [-0.25, -0.2) is 0 Å². The first-order valence-corrected chi connectivity index (χ1v) is 11.1. The molecule has 0 bridgehead atoms. The van der Waals surface area contributed by atoms with Crippen molar-refractivity contribution in [2.24, 2.45) is 10.9 Å². The highest BCUT2D eigenvalue weighted by Crippen LogP contribution is 2.19. The van der Waals surface area contributed by atoms with Gasteiger partial charge in [0, 0.05) is 32.1 Å². The average Bonchev–Trinajstić information content (AvgIpc) is 2.78. The Hall–Kier alpha value is -2.44. The van der Waals surface area contributed by atoms with Crippen LogP contribution < -0.4 is 20.1 Å². The second-order valence-corrected chi connectivity index (χ2v) is 7.81. The van der Waals surface area contributed by atoms with Gasteiger partial charge in [0.05, 0.1) is 13.7 Å². The number of nitrogens with zero attached hydrogens (tertiary/aromatic N) is 2. The van der Waals surface area contributed by atoms with E-state index >= 15 is 0 Å². The number of ether oxygens (including phenoxy) is 2. The molecule has 1 atom stereocenters. The maximum absolute atomic E-state index is 12.6. The van der Waals surface area contributed by atoms with E-state index in [0.29, 0.717) is 18.5 Å². The summed E-state index contributed by atoms with van der Waals surface area (Å²) in [4.78, 5) is 18.9. The van der Waals surface area contributed by atoms with Gasteiger partial charge in [0.1, 0.15) is 17.6 Å². The zero-order chi connectivity index (χ0) is 21.9. The number of nitrogens with one attached hydrogen (secondary N) is 2. The van der Waals surface area contributed by atoms with E-state index in [9.17, 15) is 4.79 Å². The number of amides is 1. The largest absolute Gasteiger partial charge is 0.497 e. The Morgan fingerprint density at radius 2 is 1.77 bits per heavy atom. The van der Waals surface area contributed by atoms with Gasteiger partial charge in [-0.3, -0.25) is 9.79 Å². The lowest BCUT2D eigenvalue weighted by atomic mass is 9.98. The number of carbonyl (C=O) groups is 1. The Labute approximate surface area is 181 Å². The molecule has 0 spiro atoms. The zero-order valence-corrected chi connectivity index (χ0v) is 19.1. The lowest BCUT2D eigenvalue weighted by Gasteiger charge is -2.35. The van der Waals surface area contributed by atoms with E-state index in [2.05, 4.69) is 29.5 Å². The molecule has 1 fully saturated rings. The average molecular weight is 419 g/mol. The highest BCUT2D eigenvalue weighted by atomic mass is 16.5. The van der Waals surface area contributed by atoms with Crippen molar-refractivity contribution in [2.75, 3.05) is 33.8 Å². The second kappa shape index (κ2) is 12.3. The van der Waals surface area contributed by atoms with Gasteiger partial charge in [-0.15, -0.1) is 0 Å². The van der Waals surface area contributed by atoms with Crippen LogP contribution in [0.25, 0.3) is 0 Å². The van der Waals surface area contributed by atoms with Gasteiger partial charge < -0.3 is 25.0 Å². The number of carbonyl (C=O) groups excluding carboxylic acids is 1. The van der Waals surface area contributed by atoms with E-state index in [1.807, 2.05) is 36.1 Å². The smallest absolute Gasteiger partial charge is 0.225 e. The molecule has 7 heteroatoms. The van der Waals surface area contributed by atoms with Crippen molar-refractivity contribution in [3.05, 3.63) is 24.3 Å². The maximum atomic E-state index is 12.6. The number of guanidine groups is 1. The molecule has 0 saturated carbocycles. The number of benzene rings is 1. The lowest BCUT2D eigenvalue weighted by Crippen LogP contribution is -2.51. The molecule has 1 unspecified atom stereocenters. The number of hydrogen-bond donors (Lipinski definition) is 2. The summed E-state index contributed by atoms with van der Waals surface area (Å²) in [6.07, 6.45) is 3.69. The van der Waals surface area contributed by atoms with Crippen LogP contribution >= 0.6 is 0 Å². The van der Waals surface area contributed by atoms with Crippen LogP contribution in [0.3, 0.4) is 0 Å². The predicted molar refractivity (Wildman–Crippen MR) is 121 cm³/mol. The fourth-order valence-electron chi connectivity index (χ4n) is 3.70. The van der Waals surface area contributed by atoms with Crippen LogP contribution in [0.2, 0.25) is 0 Å². The summed E-state index contributed by atoms with van der Waals surface area (Å²) in [6.45, 7) is 8.46. The number of rotatable bonds is 9. The normalized spacial score (nSPS) is 16.3. The molecule has 1 aliphatic rings. The number of aliphatic imine (C=N–C) groups is 1. The van der Waals surface area contributed by atoms with Crippen molar-refractivity contribution in [2.45, 2.75) is 58.6 Å². The highest BCUT2D eigenvalue weighted by Gasteiger charge is 2.26. The molecular weight excluding hydrogens is 380 g/mol. The first kappa shape index (κ1) is 23.8. The zero-order valence-electron chi connectivity index (χ0n) is 19.1. The van der Waals surface area contributed by atoms with Crippen LogP contribution in [0, 0.1) is 5.92 Å². The van der Waals surface area contributed by atoms with Gasteiger partial charge in [0.15, 0.2) is 5.96 Å². The fourth-order valence-corrected chi connectivity index (χ4v) is 3.70. The SMILES string of the molecule is CCC(CC)C(=O)N1CCC(NC(=NC)NCC(C)Oc2ccc(OC)cc2)CC1. The van der Waals surface area contributed by atoms with Crippen LogP contribution in [0.5, 0.6) is 11.5 Å². The Morgan fingerprint density at radius 3 is 2.30 bits per heavy atom. The molecule has 1 aromatic rings. The molecule has 1 heterocycles. The molecule has 2 N–H and O–H groups in total. The van der Waals surface area contributed by atoms with Gasteiger partial charge >= 0.3 is 0 Å². The van der Waals surface area contributed by atoms with Gasteiger partial charge in [-0.05, 0) is 56.9 Å². The van der Waals surface area contributed by atoms with Crippen molar-refractivity contribution in [3.8, 4) is 11.5 Å². The summed E-state index contributed by atoms with van der Waals surface area (Å²) in [7, 11) is 3.42. The molecular formula is C23H38N4O3. The number of methoxy groups -OCH3 is 1. The molecule has 0 radical (unpaired) electrons. The molecule has 0 aromatic heterocycles. The minimum absolute atomic E-state index is 0.0172. The van der Waals surface area contributed by atoms with E-state index in [-0.39, 0.29) is 12.0 Å². The van der Waals surface area contributed by atoms with Crippen molar-refractivity contribution >= 4 is 11.9 Å². The standard InChI is InChI=1S/C23H38N4O3/c1-6-18(7-2)22(28)27-14-12-19(13-15-27)26-23(24-4)25-16-17(3)30-21-10-8-20(29-5)9-11-21/h8-11,17-19H,6-7,12-16H2,1-5H3,(H2,24,25,26). The summed E-state index contributed by atoms with van der Waals surface area (Å²) in [6, 6.07) is 7.89. The number of likely N-dealkylation sites (tertiary alicyclic amines) is 1. The second-order valence-electron chi connectivity index (χ2n) is 7.81. The van der Waals surface area contributed by atoms with E-state index in [1.165, 1.54) is 0 Å². The number of piperidine rings is 1. The first-order chi connectivity index (χ1) is 14.5. The van der Waals surface area contributed by atoms with E-state index < -0.39 is 0 Å². The lowest BCUT2D eigenvalue weighted by molar-refractivity contribution is -0.136. The maximum Gasteiger partial charge on any atom is 0.225 e. The van der Waals surface area contributed by atoms with Gasteiger partial charge in [0.25, 0.3) is 0 Å². The van der Waals surface area contributed by atoms with E-state index in [4.69, 9.17) is 9.47 Å². The number of hydrogen-bond acceptors (Lipinski definition) is 4. The Morgan fingerprint density at radius 1 is 1.17 bits per heavy atom. The van der Waals surface area contributed by atoms with E-state index in [0.717, 1.165) is 56.2 Å².